The summed E-state index contributed by atoms with van der Waals surface area (Å²) in [6.45, 7) is 1.96. The molecule has 3 aromatic rings. The second kappa shape index (κ2) is 4.37. The van der Waals surface area contributed by atoms with E-state index in [0.29, 0.717) is 5.02 Å². The van der Waals surface area contributed by atoms with Crippen molar-refractivity contribution in [2.75, 3.05) is 0 Å². The zero-order chi connectivity index (χ0) is 12.7. The Morgan fingerprint density at radius 2 is 2.06 bits per heavy atom. The van der Waals surface area contributed by atoms with Gasteiger partial charge in [-0.05, 0) is 47.1 Å². The minimum Gasteiger partial charge on any atom is -0.251 e. The average Bonchev–Trinajstić information content (AvgIpc) is 2.66. The van der Waals surface area contributed by atoms with Crippen LogP contribution in [0.4, 0.5) is 0 Å². The summed E-state index contributed by atoms with van der Waals surface area (Å²) in [6.07, 6.45) is 1.78. The minimum absolute atomic E-state index is 0.654. The third-order valence-corrected chi connectivity index (χ3v) is 3.67. The Morgan fingerprint density at radius 1 is 1.22 bits per heavy atom. The van der Waals surface area contributed by atoms with E-state index in [-0.39, 0.29) is 0 Å². The van der Waals surface area contributed by atoms with Crippen molar-refractivity contribution < 1.29 is 0 Å². The van der Waals surface area contributed by atoms with Crippen molar-refractivity contribution in [3.8, 4) is 11.4 Å². The molecule has 3 rings (SSSR count). The van der Waals surface area contributed by atoms with E-state index in [4.69, 9.17) is 11.6 Å². The van der Waals surface area contributed by atoms with Gasteiger partial charge in [0.2, 0.25) is 0 Å². The number of hydrogen-bond donors (Lipinski definition) is 0. The first-order chi connectivity index (χ1) is 8.65. The molecule has 0 saturated heterocycles. The highest BCUT2D eigenvalue weighted by molar-refractivity contribution is 9.10. The lowest BCUT2D eigenvalue weighted by Crippen LogP contribution is -1.89. The lowest BCUT2D eigenvalue weighted by atomic mass is 10.2. The topological polar surface area (TPSA) is 30.2 Å². The van der Waals surface area contributed by atoms with Crippen molar-refractivity contribution in [1.82, 2.24) is 14.6 Å². The Labute approximate surface area is 118 Å². The fraction of sp³-hybridized carbons (Fsp3) is 0.0769. The van der Waals surface area contributed by atoms with E-state index in [9.17, 15) is 0 Å². The van der Waals surface area contributed by atoms with Gasteiger partial charge in [-0.15, -0.1) is 0 Å². The molecule has 0 bridgehead atoms. The van der Waals surface area contributed by atoms with E-state index < -0.39 is 0 Å². The van der Waals surface area contributed by atoms with E-state index in [1.807, 2.05) is 37.3 Å². The summed E-state index contributed by atoms with van der Waals surface area (Å²) in [5, 5.41) is 5.16. The molecular weight excluding hydrogens is 314 g/mol. The van der Waals surface area contributed by atoms with Gasteiger partial charge < -0.3 is 0 Å². The molecule has 0 aliphatic heterocycles. The van der Waals surface area contributed by atoms with E-state index in [1.54, 1.807) is 10.7 Å². The number of rotatable bonds is 1. The first-order valence-electron chi connectivity index (χ1n) is 5.42. The van der Waals surface area contributed by atoms with E-state index in [2.05, 4.69) is 26.0 Å². The first-order valence-corrected chi connectivity index (χ1v) is 6.59. The molecule has 0 radical (unpaired) electrons. The summed E-state index contributed by atoms with van der Waals surface area (Å²) in [5.74, 6) is 0. The molecule has 0 spiro atoms. The molecule has 5 heteroatoms. The van der Waals surface area contributed by atoms with Crippen molar-refractivity contribution >= 4 is 33.0 Å². The third-order valence-electron chi connectivity index (χ3n) is 2.66. The van der Waals surface area contributed by atoms with Crippen LogP contribution < -0.4 is 0 Å². The fourth-order valence-electron chi connectivity index (χ4n) is 1.83. The minimum atomic E-state index is 0.654. The van der Waals surface area contributed by atoms with Gasteiger partial charge in [0.25, 0.3) is 0 Å². The van der Waals surface area contributed by atoms with Gasteiger partial charge in [-0.1, -0.05) is 17.7 Å². The summed E-state index contributed by atoms with van der Waals surface area (Å²) >= 11 is 9.53. The zero-order valence-electron chi connectivity index (χ0n) is 9.56. The summed E-state index contributed by atoms with van der Waals surface area (Å²) in [5.41, 5.74) is 3.61. The average molecular weight is 323 g/mol. The maximum atomic E-state index is 5.96. The molecule has 0 N–H and O–H groups in total. The maximum Gasteiger partial charge on any atom is 0.126 e. The van der Waals surface area contributed by atoms with Crippen molar-refractivity contribution in [2.45, 2.75) is 6.92 Å². The first kappa shape index (κ1) is 11.7. The summed E-state index contributed by atoms with van der Waals surface area (Å²) in [4.78, 5) is 4.48. The van der Waals surface area contributed by atoms with Crippen LogP contribution >= 0.6 is 27.5 Å². The Bertz CT molecular complexity index is 736. The van der Waals surface area contributed by atoms with Gasteiger partial charge in [-0.3, -0.25) is 4.98 Å². The Hall–Kier alpha value is -1.39. The molecule has 0 unspecified atom stereocenters. The van der Waals surface area contributed by atoms with Crippen LogP contribution in [-0.2, 0) is 0 Å². The quantitative estimate of drug-likeness (QED) is 0.674. The second-order valence-corrected chi connectivity index (χ2v) is 5.23. The van der Waals surface area contributed by atoms with Gasteiger partial charge in [0.1, 0.15) is 5.69 Å². The van der Waals surface area contributed by atoms with Crippen LogP contribution in [0.1, 0.15) is 5.69 Å². The van der Waals surface area contributed by atoms with Gasteiger partial charge in [-0.25, -0.2) is 4.52 Å². The molecule has 3 nitrogen and oxygen atoms in total. The molecule has 0 fully saturated rings. The standard InChI is InChI=1S/C13H9BrClN3/c1-8-3-2-4-10(16-8)13-12(14)11-6-5-9(15)7-18(11)17-13/h2-7H,1H3. The molecular formula is C13H9BrClN3. The maximum absolute atomic E-state index is 5.96. The SMILES string of the molecule is Cc1cccc(-c2nn3cc(Cl)ccc3c2Br)n1. The lowest BCUT2D eigenvalue weighted by molar-refractivity contribution is 0.961. The van der Waals surface area contributed by atoms with Crippen molar-refractivity contribution in [3.05, 3.63) is 51.7 Å². The molecule has 0 saturated carbocycles. The van der Waals surface area contributed by atoms with Crippen LogP contribution in [0.25, 0.3) is 16.9 Å². The molecule has 0 aromatic carbocycles. The van der Waals surface area contributed by atoms with Gasteiger partial charge in [0.15, 0.2) is 0 Å². The molecule has 0 aliphatic rings. The summed E-state index contributed by atoms with van der Waals surface area (Å²) < 4.78 is 2.68. The molecule has 3 aromatic heterocycles. The van der Waals surface area contributed by atoms with Gasteiger partial charge in [0.05, 0.1) is 20.7 Å². The predicted octanol–water partition coefficient (Wildman–Crippen LogP) is 4.12. The van der Waals surface area contributed by atoms with Crippen molar-refractivity contribution in [1.29, 1.82) is 0 Å². The van der Waals surface area contributed by atoms with Crippen molar-refractivity contribution in [2.24, 2.45) is 0 Å². The van der Waals surface area contributed by atoms with Crippen LogP contribution in [-0.4, -0.2) is 14.6 Å². The van der Waals surface area contributed by atoms with Crippen LogP contribution in [0, 0.1) is 6.92 Å². The predicted molar refractivity (Wildman–Crippen MR) is 75.9 cm³/mol. The Morgan fingerprint density at radius 3 is 2.83 bits per heavy atom. The van der Waals surface area contributed by atoms with Gasteiger partial charge >= 0.3 is 0 Å². The summed E-state index contributed by atoms with van der Waals surface area (Å²) in [7, 11) is 0. The number of nitrogens with zero attached hydrogens (tertiary/aromatic N) is 3. The number of halogens is 2. The number of aryl methyl sites for hydroxylation is 1. The molecule has 3 heterocycles. The molecule has 0 atom stereocenters. The van der Waals surface area contributed by atoms with Crippen LogP contribution in [0.15, 0.2) is 41.0 Å². The number of fused-ring (bicyclic) bond motifs is 1. The Balaban J connectivity index is 2.27. The smallest absolute Gasteiger partial charge is 0.126 e. The molecule has 0 aliphatic carbocycles. The third kappa shape index (κ3) is 1.91. The van der Waals surface area contributed by atoms with E-state index in [1.165, 1.54) is 0 Å². The van der Waals surface area contributed by atoms with Crippen molar-refractivity contribution in [3.63, 3.8) is 0 Å². The van der Waals surface area contributed by atoms with E-state index >= 15 is 0 Å². The summed E-state index contributed by atoms with van der Waals surface area (Å²) in [6, 6.07) is 9.65. The second-order valence-electron chi connectivity index (χ2n) is 4.00. The highest BCUT2D eigenvalue weighted by Gasteiger charge is 2.13. The van der Waals surface area contributed by atoms with Crippen LogP contribution in [0.2, 0.25) is 5.02 Å². The highest BCUT2D eigenvalue weighted by atomic mass is 79.9. The van der Waals surface area contributed by atoms with Crippen LogP contribution in [0.5, 0.6) is 0 Å². The molecule has 0 amide bonds. The number of pyridine rings is 2. The van der Waals surface area contributed by atoms with Gasteiger partial charge in [0, 0.05) is 11.9 Å². The van der Waals surface area contributed by atoms with Gasteiger partial charge in [-0.2, -0.15) is 5.10 Å². The molecule has 18 heavy (non-hydrogen) atoms. The van der Waals surface area contributed by atoms with E-state index in [0.717, 1.165) is 27.1 Å². The Kier molecular flexibility index (Phi) is 2.84. The number of hydrogen-bond acceptors (Lipinski definition) is 2. The highest BCUT2D eigenvalue weighted by Crippen LogP contribution is 2.30. The lowest BCUT2D eigenvalue weighted by Gasteiger charge is -1.97. The number of aromatic nitrogens is 3. The molecule has 90 valence electrons. The largest absolute Gasteiger partial charge is 0.251 e. The fourth-order valence-corrected chi connectivity index (χ4v) is 2.58. The van der Waals surface area contributed by atoms with Crippen LogP contribution in [0.3, 0.4) is 0 Å². The zero-order valence-corrected chi connectivity index (χ0v) is 11.9. The normalized spacial score (nSPS) is 11.1. The monoisotopic (exact) mass is 321 g/mol.